The third kappa shape index (κ3) is 5.26. The highest BCUT2D eigenvalue weighted by Crippen LogP contribution is 2.36. The van der Waals surface area contributed by atoms with Gasteiger partial charge in [0.05, 0.1) is 34.8 Å². The number of carbonyl (C=O) groups excluding carboxylic acids is 2. The van der Waals surface area contributed by atoms with Crippen molar-refractivity contribution in [2.24, 2.45) is 0 Å². The van der Waals surface area contributed by atoms with Crippen LogP contribution in [0.4, 0.5) is 18.0 Å². The number of aliphatic hydroxyl groups excluding tert-OH is 1. The molecule has 0 unspecified atom stereocenters. The molecule has 2 saturated heterocycles. The van der Waals surface area contributed by atoms with Crippen LogP contribution in [0.2, 0.25) is 5.02 Å². The summed E-state index contributed by atoms with van der Waals surface area (Å²) in [7, 11) is 1.85. The molecular formula is C25H22ClF3N4O3S. The third-order valence-electron chi connectivity index (χ3n) is 6.59. The molecule has 5 rings (SSSR count). The van der Waals surface area contributed by atoms with Crippen LogP contribution in [0.15, 0.2) is 47.5 Å². The minimum absolute atomic E-state index is 0.00306. The summed E-state index contributed by atoms with van der Waals surface area (Å²) in [6, 6.07) is 8.77. The second kappa shape index (κ2) is 9.79. The molecule has 2 aliphatic heterocycles. The molecule has 0 bridgehead atoms. The van der Waals surface area contributed by atoms with Gasteiger partial charge in [-0.3, -0.25) is 24.1 Å². The highest BCUT2D eigenvalue weighted by molar-refractivity contribution is 8.18. The summed E-state index contributed by atoms with van der Waals surface area (Å²) in [5, 5.41) is 14.4. The first-order valence-electron chi connectivity index (χ1n) is 11.4. The third-order valence-corrected chi connectivity index (χ3v) is 7.74. The average molecular weight is 551 g/mol. The molecule has 37 heavy (non-hydrogen) atoms. The largest absolute Gasteiger partial charge is 0.416 e. The Kier molecular flexibility index (Phi) is 6.82. The van der Waals surface area contributed by atoms with Crippen molar-refractivity contribution < 1.29 is 27.9 Å². The SMILES string of the molecule is CN1C[C@H](O)C[C@H]1CN1C(=O)S/C(=C\c2ccc3c(cnn3Cc3ccc(Cl)cc3C(F)(F)F)c2)C1=O. The number of imide groups is 1. The van der Waals surface area contributed by atoms with E-state index >= 15 is 0 Å². The first-order valence-corrected chi connectivity index (χ1v) is 12.6. The molecule has 194 valence electrons. The molecule has 0 radical (unpaired) electrons. The summed E-state index contributed by atoms with van der Waals surface area (Å²) in [5.74, 6) is -0.386. The molecule has 3 heterocycles. The molecular weight excluding hydrogens is 529 g/mol. The zero-order valence-corrected chi connectivity index (χ0v) is 21.1. The van der Waals surface area contributed by atoms with Crippen molar-refractivity contribution >= 4 is 51.5 Å². The molecule has 3 aromatic rings. The van der Waals surface area contributed by atoms with Crippen LogP contribution < -0.4 is 0 Å². The lowest BCUT2D eigenvalue weighted by Crippen LogP contribution is -2.40. The number of nitrogens with zero attached hydrogens (tertiary/aromatic N) is 4. The van der Waals surface area contributed by atoms with Crippen LogP contribution in [0.1, 0.15) is 23.1 Å². The summed E-state index contributed by atoms with van der Waals surface area (Å²) >= 11 is 6.64. The number of likely N-dealkylation sites (tertiary alicyclic amines) is 1. The van der Waals surface area contributed by atoms with E-state index in [4.69, 9.17) is 11.6 Å². The van der Waals surface area contributed by atoms with Gasteiger partial charge in [-0.1, -0.05) is 23.7 Å². The van der Waals surface area contributed by atoms with E-state index < -0.39 is 17.8 Å². The van der Waals surface area contributed by atoms with Gasteiger partial charge in [-0.15, -0.1) is 0 Å². The maximum absolute atomic E-state index is 13.5. The molecule has 2 atom stereocenters. The zero-order valence-electron chi connectivity index (χ0n) is 19.6. The molecule has 1 aromatic heterocycles. The van der Waals surface area contributed by atoms with Crippen molar-refractivity contribution in [3.8, 4) is 0 Å². The maximum atomic E-state index is 13.5. The smallest absolute Gasteiger partial charge is 0.392 e. The van der Waals surface area contributed by atoms with Crippen LogP contribution in [0.5, 0.6) is 0 Å². The molecule has 1 N–H and O–H groups in total. The summed E-state index contributed by atoms with van der Waals surface area (Å²) in [6.07, 6.45) is -1.36. The number of thioether (sulfide) groups is 1. The molecule has 12 heteroatoms. The second-order valence-electron chi connectivity index (χ2n) is 9.19. The fourth-order valence-electron chi connectivity index (χ4n) is 4.72. The predicted octanol–water partition coefficient (Wildman–Crippen LogP) is 4.86. The van der Waals surface area contributed by atoms with Gasteiger partial charge in [0.15, 0.2) is 0 Å². The van der Waals surface area contributed by atoms with Gasteiger partial charge in [0.1, 0.15) is 0 Å². The quantitative estimate of drug-likeness (QED) is 0.457. The van der Waals surface area contributed by atoms with Crippen molar-refractivity contribution in [2.75, 3.05) is 20.1 Å². The number of aromatic nitrogens is 2. The van der Waals surface area contributed by atoms with Crippen LogP contribution in [0, 0.1) is 0 Å². The van der Waals surface area contributed by atoms with Gasteiger partial charge in [0, 0.05) is 29.5 Å². The number of aliphatic hydroxyl groups is 1. The molecule has 0 saturated carbocycles. The fraction of sp³-hybridized carbons (Fsp3) is 0.320. The number of β-amino-alcohol motifs (C(OH)–C–C–N with tert-alkyl or cyclic N) is 1. The molecule has 2 amide bonds. The lowest BCUT2D eigenvalue weighted by atomic mass is 10.1. The number of hydrogen-bond donors (Lipinski definition) is 1. The Hall–Kier alpha value is -2.86. The van der Waals surface area contributed by atoms with E-state index in [1.807, 2.05) is 11.9 Å². The van der Waals surface area contributed by atoms with Gasteiger partial charge in [-0.05, 0) is 66.7 Å². The normalized spacial score (nSPS) is 22.2. The fourth-order valence-corrected chi connectivity index (χ4v) is 5.74. The van der Waals surface area contributed by atoms with E-state index in [9.17, 15) is 27.9 Å². The van der Waals surface area contributed by atoms with Gasteiger partial charge in [-0.25, -0.2) is 0 Å². The van der Waals surface area contributed by atoms with E-state index in [1.54, 1.807) is 30.5 Å². The topological polar surface area (TPSA) is 78.7 Å². The molecule has 2 fully saturated rings. The van der Waals surface area contributed by atoms with E-state index in [0.717, 1.165) is 17.8 Å². The number of halogens is 4. The van der Waals surface area contributed by atoms with E-state index in [1.165, 1.54) is 21.7 Å². The van der Waals surface area contributed by atoms with Crippen molar-refractivity contribution in [3.63, 3.8) is 0 Å². The molecule has 2 aliphatic rings. The van der Waals surface area contributed by atoms with Gasteiger partial charge < -0.3 is 5.11 Å². The highest BCUT2D eigenvalue weighted by atomic mass is 35.5. The Labute approximate surface area is 219 Å². The summed E-state index contributed by atoms with van der Waals surface area (Å²) in [5.41, 5.74) is 0.513. The molecule has 0 aliphatic carbocycles. The Bertz CT molecular complexity index is 1420. The number of amides is 2. The molecule has 0 spiro atoms. The number of likely N-dealkylation sites (N-methyl/N-ethyl adjacent to an activating group) is 1. The van der Waals surface area contributed by atoms with Crippen LogP contribution in [-0.4, -0.2) is 68.1 Å². The monoisotopic (exact) mass is 550 g/mol. The van der Waals surface area contributed by atoms with E-state index in [0.29, 0.717) is 29.4 Å². The Morgan fingerprint density at radius 2 is 2.00 bits per heavy atom. The van der Waals surface area contributed by atoms with Crippen molar-refractivity contribution in [3.05, 3.63) is 69.2 Å². The summed E-state index contributed by atoms with van der Waals surface area (Å²) in [4.78, 5) is 28.9. The number of alkyl halides is 3. The van der Waals surface area contributed by atoms with Gasteiger partial charge in [0.25, 0.3) is 11.1 Å². The average Bonchev–Trinajstić information content (AvgIpc) is 3.45. The van der Waals surface area contributed by atoms with Gasteiger partial charge in [0.2, 0.25) is 0 Å². The first-order chi connectivity index (χ1) is 17.5. The van der Waals surface area contributed by atoms with E-state index in [2.05, 4.69) is 5.10 Å². The second-order valence-corrected chi connectivity index (χ2v) is 10.6. The van der Waals surface area contributed by atoms with E-state index in [-0.39, 0.29) is 45.8 Å². The number of fused-ring (bicyclic) bond motifs is 1. The number of hydrogen-bond acceptors (Lipinski definition) is 6. The van der Waals surface area contributed by atoms with Crippen LogP contribution >= 0.6 is 23.4 Å². The summed E-state index contributed by atoms with van der Waals surface area (Å²) in [6.45, 7) is 0.615. The Morgan fingerprint density at radius 3 is 2.70 bits per heavy atom. The van der Waals surface area contributed by atoms with Gasteiger partial charge >= 0.3 is 6.18 Å². The molecule has 7 nitrogen and oxygen atoms in total. The highest BCUT2D eigenvalue weighted by Gasteiger charge is 2.39. The zero-order chi connectivity index (χ0) is 26.5. The lowest BCUT2D eigenvalue weighted by molar-refractivity contribution is -0.138. The number of carbonyl (C=O) groups is 2. The van der Waals surface area contributed by atoms with Crippen molar-refractivity contribution in [1.29, 1.82) is 0 Å². The number of rotatable bonds is 5. The van der Waals surface area contributed by atoms with Crippen molar-refractivity contribution in [2.45, 2.75) is 31.3 Å². The van der Waals surface area contributed by atoms with Crippen LogP contribution in [0.25, 0.3) is 17.0 Å². The summed E-state index contributed by atoms with van der Waals surface area (Å²) < 4.78 is 41.9. The first kappa shape index (κ1) is 25.8. The lowest BCUT2D eigenvalue weighted by Gasteiger charge is -2.23. The van der Waals surface area contributed by atoms with Gasteiger partial charge in [-0.2, -0.15) is 18.3 Å². The standard InChI is InChI=1S/C25H22ClF3N4O3S/c1-31-13-19(34)9-18(31)12-32-23(35)22(37-24(32)36)7-14-2-5-21-16(6-14)10-30-33(21)11-15-3-4-17(26)8-20(15)25(27,28)29/h2-8,10,18-19,34H,9,11-13H2,1H3/b22-7-/t18-,19+/m0/s1. The van der Waals surface area contributed by atoms with Crippen LogP contribution in [-0.2, 0) is 17.5 Å². The maximum Gasteiger partial charge on any atom is 0.416 e. The van der Waals surface area contributed by atoms with Crippen molar-refractivity contribution in [1.82, 2.24) is 19.6 Å². The Morgan fingerprint density at radius 1 is 1.22 bits per heavy atom. The number of benzene rings is 2. The minimum atomic E-state index is -4.55. The minimum Gasteiger partial charge on any atom is -0.392 e. The molecule has 2 aromatic carbocycles. The van der Waals surface area contributed by atoms with Crippen LogP contribution in [0.3, 0.4) is 0 Å². The predicted molar refractivity (Wildman–Crippen MR) is 135 cm³/mol. The Balaban J connectivity index is 1.36.